The minimum atomic E-state index is -0.744. The molecule has 0 spiro atoms. The third-order valence-corrected chi connectivity index (χ3v) is 2.92. The molecule has 116 valence electrons. The molecular weight excluding hydrogens is 298 g/mol. The van der Waals surface area contributed by atoms with Crippen LogP contribution in [0, 0.1) is 10.1 Å². The molecule has 2 rings (SSSR count). The summed E-state index contributed by atoms with van der Waals surface area (Å²) in [5.74, 6) is -0.857. The average Bonchev–Trinajstić information content (AvgIpc) is 2.62. The normalized spacial score (nSPS) is 12.5. The van der Waals surface area contributed by atoms with Gasteiger partial charge in [0.1, 0.15) is 11.3 Å². The molecule has 0 aliphatic rings. The van der Waals surface area contributed by atoms with Gasteiger partial charge >= 0.3 is 0 Å². The molecule has 7 nitrogen and oxygen atoms in total. The van der Waals surface area contributed by atoms with Crippen molar-refractivity contribution in [2.75, 3.05) is 0 Å². The maximum Gasteiger partial charge on any atom is 0.293 e. The maximum absolute atomic E-state index is 12.6. The fraction of sp³-hybridized carbons (Fsp3) is 0.0625. The lowest BCUT2D eigenvalue weighted by Gasteiger charge is -2.03. The van der Waals surface area contributed by atoms with Crippen LogP contribution in [0.5, 0.6) is 0 Å². The first kappa shape index (κ1) is 14.6. The van der Waals surface area contributed by atoms with Crippen molar-refractivity contribution in [3.63, 3.8) is 0 Å². The predicted molar refractivity (Wildman–Crippen MR) is 83.7 cm³/mol. The summed E-state index contributed by atoms with van der Waals surface area (Å²) in [4.78, 5) is 23.0. The molecule has 0 heterocycles. The third kappa shape index (κ3) is 3.85. The van der Waals surface area contributed by atoms with Crippen LogP contribution in [-0.2, 0) is 0 Å². The fourth-order valence-corrected chi connectivity index (χ4v) is 1.83. The molecule has 0 radical (unpaired) electrons. The van der Waals surface area contributed by atoms with E-state index in [0.29, 0.717) is 5.69 Å². The largest absolute Gasteiger partial charge is 0.510 e. The summed E-state index contributed by atoms with van der Waals surface area (Å²) in [6, 6.07) is 14.1. The number of nitrogens with zero attached hydrogens (tertiary/aromatic N) is 3. The number of nitro groups is 1. The van der Waals surface area contributed by atoms with Crippen molar-refractivity contribution in [2.45, 2.75) is 6.92 Å². The maximum atomic E-state index is 12.6. The molecule has 1 N–H and O–H groups in total. The summed E-state index contributed by atoms with van der Waals surface area (Å²) in [7, 11) is 0. The summed E-state index contributed by atoms with van der Waals surface area (Å²) < 4.78 is 6.97. The number of carbonyl (C=O) groups excluding carboxylic acids is 1. The smallest absolute Gasteiger partial charge is 0.293 e. The van der Waals surface area contributed by atoms with Gasteiger partial charge in [0, 0.05) is 6.07 Å². The van der Waals surface area contributed by atoms with Gasteiger partial charge in [-0.15, -0.1) is 5.11 Å². The Balaban J connectivity index is 2.45. The Labute approximate surface area is 133 Å². The van der Waals surface area contributed by atoms with Gasteiger partial charge in [-0.05, 0) is 25.1 Å². The number of Topliss-reactive ketones (excluding diaryl/α,β-unsaturated/α-hetero) is 1. The van der Waals surface area contributed by atoms with Crippen LogP contribution in [0.25, 0.3) is 1.43 Å². The van der Waals surface area contributed by atoms with Crippen LogP contribution in [0.1, 0.15) is 17.3 Å². The van der Waals surface area contributed by atoms with Gasteiger partial charge in [-0.3, -0.25) is 14.9 Å². The highest BCUT2D eigenvalue weighted by Crippen LogP contribution is 2.23. The lowest BCUT2D eigenvalue weighted by Crippen LogP contribution is -2.07. The van der Waals surface area contributed by atoms with Crippen molar-refractivity contribution >= 4 is 17.2 Å². The summed E-state index contributed by atoms with van der Waals surface area (Å²) in [6.45, 7) is 1.36. The van der Waals surface area contributed by atoms with Gasteiger partial charge in [0.2, 0.25) is 5.78 Å². The Morgan fingerprint density at radius 2 is 1.83 bits per heavy atom. The molecular formula is C16H13N3O4. The molecule has 23 heavy (non-hydrogen) atoms. The first-order valence-corrected chi connectivity index (χ1v) is 6.63. The second-order valence-electron chi connectivity index (χ2n) is 4.54. The van der Waals surface area contributed by atoms with Crippen LogP contribution < -0.4 is 0 Å². The fourth-order valence-electron chi connectivity index (χ4n) is 1.83. The SMILES string of the molecule is [2H]O/C(C)=C(\N=Nc1ccccc1)C(=O)c1ccccc1[N+](=O)[O-]. The number of para-hydroxylation sites is 1. The molecule has 0 saturated heterocycles. The Morgan fingerprint density at radius 1 is 1.17 bits per heavy atom. The van der Waals surface area contributed by atoms with Crippen molar-refractivity contribution in [1.82, 2.24) is 0 Å². The third-order valence-electron chi connectivity index (χ3n) is 2.92. The Bertz CT molecular complexity index is 819. The molecule has 2 aromatic rings. The molecule has 2 aromatic carbocycles. The van der Waals surface area contributed by atoms with Crippen molar-refractivity contribution < 1.29 is 14.8 Å². The number of rotatable bonds is 6. The number of azo groups is 1. The Hall–Kier alpha value is -3.35. The minimum Gasteiger partial charge on any atom is -0.510 e. The number of benzene rings is 2. The molecule has 0 unspecified atom stereocenters. The van der Waals surface area contributed by atoms with E-state index >= 15 is 0 Å². The number of allylic oxidation sites excluding steroid dienone is 2. The highest BCUT2D eigenvalue weighted by atomic mass is 16.6. The van der Waals surface area contributed by atoms with Gasteiger partial charge in [0.15, 0.2) is 5.70 Å². The van der Waals surface area contributed by atoms with Crippen LogP contribution >= 0.6 is 0 Å². The van der Waals surface area contributed by atoms with E-state index < -0.39 is 10.7 Å². The molecule has 0 aliphatic carbocycles. The molecule has 0 amide bonds. The van der Waals surface area contributed by atoms with Gasteiger partial charge < -0.3 is 5.11 Å². The van der Waals surface area contributed by atoms with E-state index in [1.165, 1.54) is 31.2 Å². The number of nitro benzene ring substituents is 1. The number of hydrogen-bond acceptors (Lipinski definition) is 6. The second-order valence-corrected chi connectivity index (χ2v) is 4.54. The first-order valence-electron chi connectivity index (χ1n) is 7.04. The van der Waals surface area contributed by atoms with E-state index in [2.05, 4.69) is 15.3 Å². The lowest BCUT2D eigenvalue weighted by atomic mass is 10.1. The summed E-state index contributed by atoms with van der Waals surface area (Å²) in [5, 5.41) is 23.2. The number of aliphatic hydroxyl groups is 1. The van der Waals surface area contributed by atoms with Gasteiger partial charge in [0.25, 0.3) is 7.12 Å². The molecule has 7 heteroatoms. The number of ketones is 1. The molecule has 0 aromatic heterocycles. The summed E-state index contributed by atoms with van der Waals surface area (Å²) >= 11 is 0. The van der Waals surface area contributed by atoms with E-state index in [0.717, 1.165) is 0 Å². The number of hydrogen-bond donors (Lipinski definition) is 1. The van der Waals surface area contributed by atoms with Crippen LogP contribution in [0.3, 0.4) is 0 Å². The average molecular weight is 312 g/mol. The zero-order valence-corrected chi connectivity index (χ0v) is 12.2. The quantitative estimate of drug-likeness (QED) is 0.214. The molecule has 0 saturated carbocycles. The lowest BCUT2D eigenvalue weighted by molar-refractivity contribution is -0.385. The molecule has 0 bridgehead atoms. The molecule has 0 aliphatic heterocycles. The standard InChI is InChI=1S/C16H13N3O4/c1-11(20)15(18-17-12-7-3-2-4-8-12)16(21)13-9-5-6-10-14(13)19(22)23/h2-10,20H,1H3/b15-11-,18-17?/i/hD. The monoisotopic (exact) mass is 312 g/mol. The van der Waals surface area contributed by atoms with Gasteiger partial charge in [-0.2, -0.15) is 5.11 Å². The van der Waals surface area contributed by atoms with E-state index in [-0.39, 0.29) is 22.7 Å². The van der Waals surface area contributed by atoms with Crippen molar-refractivity contribution in [3.05, 3.63) is 81.7 Å². The van der Waals surface area contributed by atoms with Gasteiger partial charge in [-0.1, -0.05) is 30.3 Å². The van der Waals surface area contributed by atoms with Crippen molar-refractivity contribution in [1.29, 1.82) is 1.43 Å². The Kier molecular flexibility index (Phi) is 4.49. The van der Waals surface area contributed by atoms with Crippen molar-refractivity contribution in [2.24, 2.45) is 10.2 Å². The first-order chi connectivity index (χ1) is 11.5. The topological polar surface area (TPSA) is 105 Å². The van der Waals surface area contributed by atoms with Crippen LogP contribution in [0.4, 0.5) is 11.4 Å². The van der Waals surface area contributed by atoms with E-state index in [9.17, 15) is 14.9 Å². The summed E-state index contributed by atoms with van der Waals surface area (Å²) in [6.07, 6.45) is 0. The van der Waals surface area contributed by atoms with Gasteiger partial charge in [0.05, 0.1) is 10.6 Å². The van der Waals surface area contributed by atoms with Crippen LogP contribution in [0.15, 0.2) is 76.3 Å². The van der Waals surface area contributed by atoms with E-state index in [4.69, 9.17) is 1.43 Å². The zero-order valence-electron chi connectivity index (χ0n) is 13.2. The number of carbonyl (C=O) groups is 1. The highest BCUT2D eigenvalue weighted by Gasteiger charge is 2.24. The zero-order chi connectivity index (χ0) is 17.5. The number of aliphatic hydroxyl groups excluding tert-OH is 1. The molecule has 0 atom stereocenters. The summed E-state index contributed by atoms with van der Waals surface area (Å²) in [5.41, 5.74) is -0.292. The Morgan fingerprint density at radius 3 is 2.48 bits per heavy atom. The minimum absolute atomic E-state index is 0.113. The van der Waals surface area contributed by atoms with Crippen LogP contribution in [-0.4, -0.2) is 15.8 Å². The van der Waals surface area contributed by atoms with Crippen molar-refractivity contribution in [3.8, 4) is 0 Å². The predicted octanol–water partition coefficient (Wildman–Crippen LogP) is 4.35. The van der Waals surface area contributed by atoms with Gasteiger partial charge in [-0.25, -0.2) is 0 Å². The second kappa shape index (κ2) is 7.08. The van der Waals surface area contributed by atoms with E-state index in [1.54, 1.807) is 30.3 Å². The molecule has 0 fully saturated rings. The highest BCUT2D eigenvalue weighted by molar-refractivity contribution is 6.11. The van der Waals surface area contributed by atoms with Crippen LogP contribution in [0.2, 0.25) is 0 Å². The van der Waals surface area contributed by atoms with E-state index in [1.807, 2.05) is 0 Å².